The second-order valence-electron chi connectivity index (χ2n) is 3.87. The van der Waals surface area contributed by atoms with Crippen LogP contribution < -0.4 is 4.57 Å². The summed E-state index contributed by atoms with van der Waals surface area (Å²) in [6.07, 6.45) is 5.43. The molecule has 0 fully saturated rings. The van der Waals surface area contributed by atoms with Crippen LogP contribution in [0.15, 0.2) is 53.3 Å². The average molecular weight is 356 g/mol. The topological polar surface area (TPSA) is 3.88 Å². The van der Waals surface area contributed by atoms with Gasteiger partial charge in [0.1, 0.15) is 6.54 Å². The molecule has 0 aliphatic carbocycles. The zero-order valence-corrected chi connectivity index (χ0v) is 12.6. The maximum atomic E-state index is 3.45. The molecule has 0 N–H and O–H groups in total. The van der Waals surface area contributed by atoms with Gasteiger partial charge in [-0.05, 0) is 23.3 Å². The molecule has 2 aromatic rings. The van der Waals surface area contributed by atoms with Gasteiger partial charge in [-0.3, -0.25) is 0 Å². The SMILES string of the molecule is BrCCC[n+]1ccc(-c2ccc(Br)cc2)cc1. The molecule has 0 atom stereocenters. The van der Waals surface area contributed by atoms with E-state index in [4.69, 9.17) is 0 Å². The fraction of sp³-hybridized carbons (Fsp3) is 0.214. The summed E-state index contributed by atoms with van der Waals surface area (Å²) in [5.74, 6) is 0. The van der Waals surface area contributed by atoms with E-state index in [0.29, 0.717) is 0 Å². The minimum Gasteiger partial charge on any atom is -0.205 e. The molecular weight excluding hydrogens is 342 g/mol. The highest BCUT2D eigenvalue weighted by Crippen LogP contribution is 2.20. The molecule has 3 heteroatoms. The molecule has 0 bridgehead atoms. The number of pyridine rings is 1. The van der Waals surface area contributed by atoms with Crippen molar-refractivity contribution in [1.82, 2.24) is 0 Å². The van der Waals surface area contributed by atoms with Crippen molar-refractivity contribution in [2.45, 2.75) is 13.0 Å². The van der Waals surface area contributed by atoms with E-state index in [0.717, 1.165) is 22.8 Å². The zero-order valence-electron chi connectivity index (χ0n) is 9.44. The number of halogens is 2. The molecule has 0 spiro atoms. The molecule has 0 radical (unpaired) electrons. The molecule has 0 aliphatic heterocycles. The normalized spacial score (nSPS) is 10.5. The number of rotatable bonds is 4. The first kappa shape index (κ1) is 12.8. The van der Waals surface area contributed by atoms with Gasteiger partial charge in [-0.1, -0.05) is 44.0 Å². The van der Waals surface area contributed by atoms with Crippen molar-refractivity contribution in [1.29, 1.82) is 0 Å². The quantitative estimate of drug-likeness (QED) is 0.572. The van der Waals surface area contributed by atoms with Crippen LogP contribution in [0.4, 0.5) is 0 Å². The lowest BCUT2D eigenvalue weighted by Crippen LogP contribution is -2.32. The van der Waals surface area contributed by atoms with Gasteiger partial charge in [0.2, 0.25) is 0 Å². The Morgan fingerprint density at radius 3 is 2.06 bits per heavy atom. The van der Waals surface area contributed by atoms with E-state index < -0.39 is 0 Å². The van der Waals surface area contributed by atoms with Gasteiger partial charge in [0.15, 0.2) is 12.4 Å². The highest BCUT2D eigenvalue weighted by molar-refractivity contribution is 9.10. The number of alkyl halides is 1. The highest BCUT2D eigenvalue weighted by Gasteiger charge is 2.02. The summed E-state index contributed by atoms with van der Waals surface area (Å²) >= 11 is 6.90. The third-order valence-electron chi connectivity index (χ3n) is 2.62. The number of aromatic nitrogens is 1. The van der Waals surface area contributed by atoms with Crippen molar-refractivity contribution < 1.29 is 4.57 Å². The number of aryl methyl sites for hydroxylation is 1. The van der Waals surface area contributed by atoms with Gasteiger partial charge >= 0.3 is 0 Å². The van der Waals surface area contributed by atoms with Crippen molar-refractivity contribution >= 4 is 31.9 Å². The van der Waals surface area contributed by atoms with E-state index in [1.165, 1.54) is 11.1 Å². The van der Waals surface area contributed by atoms with E-state index in [1.807, 2.05) is 0 Å². The first-order chi connectivity index (χ1) is 8.29. The lowest BCUT2D eigenvalue weighted by Gasteiger charge is -2.01. The summed E-state index contributed by atoms with van der Waals surface area (Å²) < 4.78 is 3.33. The van der Waals surface area contributed by atoms with E-state index in [-0.39, 0.29) is 0 Å². The van der Waals surface area contributed by atoms with Gasteiger partial charge in [-0.2, -0.15) is 0 Å². The van der Waals surface area contributed by atoms with E-state index >= 15 is 0 Å². The summed E-state index contributed by atoms with van der Waals surface area (Å²) in [4.78, 5) is 0. The van der Waals surface area contributed by atoms with E-state index in [9.17, 15) is 0 Å². The fourth-order valence-electron chi connectivity index (χ4n) is 1.68. The fourth-order valence-corrected chi connectivity index (χ4v) is 2.20. The van der Waals surface area contributed by atoms with Crippen molar-refractivity contribution in [3.05, 3.63) is 53.3 Å². The molecule has 0 saturated heterocycles. The Morgan fingerprint density at radius 1 is 0.882 bits per heavy atom. The summed E-state index contributed by atoms with van der Waals surface area (Å²) in [5.41, 5.74) is 2.51. The minimum absolute atomic E-state index is 1.05. The Morgan fingerprint density at radius 2 is 1.47 bits per heavy atom. The predicted octanol–water partition coefficient (Wildman–Crippen LogP) is 4.19. The first-order valence-electron chi connectivity index (χ1n) is 5.60. The highest BCUT2D eigenvalue weighted by atomic mass is 79.9. The average Bonchev–Trinajstić information content (AvgIpc) is 2.38. The third-order valence-corrected chi connectivity index (χ3v) is 3.71. The zero-order chi connectivity index (χ0) is 12.1. The van der Waals surface area contributed by atoms with Crippen LogP contribution in [0.1, 0.15) is 6.42 Å². The van der Waals surface area contributed by atoms with Crippen LogP contribution in [0.3, 0.4) is 0 Å². The third kappa shape index (κ3) is 3.65. The largest absolute Gasteiger partial charge is 0.205 e. The molecule has 0 saturated carbocycles. The summed E-state index contributed by atoms with van der Waals surface area (Å²) in [6, 6.07) is 12.7. The standard InChI is InChI=1S/C14H14Br2N/c15-8-1-9-17-10-6-13(7-11-17)12-2-4-14(16)5-3-12/h2-7,10-11H,1,8-9H2/q+1. The Kier molecular flexibility index (Phi) is 4.75. The molecule has 1 heterocycles. The maximum Gasteiger partial charge on any atom is 0.169 e. The van der Waals surface area contributed by atoms with Crippen LogP contribution in [0.5, 0.6) is 0 Å². The Bertz CT molecular complexity index is 463. The molecule has 17 heavy (non-hydrogen) atoms. The van der Waals surface area contributed by atoms with Crippen LogP contribution in [0, 0.1) is 0 Å². The molecule has 88 valence electrons. The summed E-state index contributed by atoms with van der Waals surface area (Å²) in [7, 11) is 0. The maximum absolute atomic E-state index is 3.45. The number of hydrogen-bond acceptors (Lipinski definition) is 0. The molecule has 2 rings (SSSR count). The minimum atomic E-state index is 1.05. The number of benzene rings is 1. The molecular formula is C14H14Br2N+. The predicted molar refractivity (Wildman–Crippen MR) is 78.2 cm³/mol. The van der Waals surface area contributed by atoms with Crippen LogP contribution in [-0.2, 0) is 6.54 Å². The van der Waals surface area contributed by atoms with Gasteiger partial charge < -0.3 is 0 Å². The summed E-state index contributed by atoms with van der Waals surface area (Å²) in [5, 5.41) is 1.05. The van der Waals surface area contributed by atoms with E-state index in [2.05, 4.69) is 85.2 Å². The number of nitrogens with zero attached hydrogens (tertiary/aromatic N) is 1. The van der Waals surface area contributed by atoms with Crippen LogP contribution in [0.2, 0.25) is 0 Å². The molecule has 1 aromatic heterocycles. The first-order valence-corrected chi connectivity index (χ1v) is 7.52. The second kappa shape index (κ2) is 6.31. The van der Waals surface area contributed by atoms with Gasteiger partial charge in [-0.15, -0.1) is 0 Å². The van der Waals surface area contributed by atoms with Gasteiger partial charge in [0.25, 0.3) is 0 Å². The molecule has 0 unspecified atom stereocenters. The monoisotopic (exact) mass is 354 g/mol. The van der Waals surface area contributed by atoms with Crippen LogP contribution in [-0.4, -0.2) is 5.33 Å². The van der Waals surface area contributed by atoms with Crippen molar-refractivity contribution in [2.75, 3.05) is 5.33 Å². The van der Waals surface area contributed by atoms with Crippen molar-refractivity contribution in [2.24, 2.45) is 0 Å². The van der Waals surface area contributed by atoms with E-state index in [1.54, 1.807) is 0 Å². The lowest BCUT2D eigenvalue weighted by molar-refractivity contribution is -0.696. The number of hydrogen-bond donors (Lipinski definition) is 0. The lowest BCUT2D eigenvalue weighted by atomic mass is 10.1. The molecule has 1 aromatic carbocycles. The Labute approximate surface area is 119 Å². The van der Waals surface area contributed by atoms with Gasteiger partial charge in [0.05, 0.1) is 0 Å². The molecule has 1 nitrogen and oxygen atoms in total. The van der Waals surface area contributed by atoms with Crippen molar-refractivity contribution in [3.8, 4) is 11.1 Å². The van der Waals surface area contributed by atoms with Crippen molar-refractivity contribution in [3.63, 3.8) is 0 Å². The Balaban J connectivity index is 2.14. The smallest absolute Gasteiger partial charge is 0.169 e. The molecule has 0 aliphatic rings. The van der Waals surface area contributed by atoms with Gasteiger partial charge in [0, 0.05) is 28.4 Å². The van der Waals surface area contributed by atoms with Crippen LogP contribution in [0.25, 0.3) is 11.1 Å². The second-order valence-corrected chi connectivity index (χ2v) is 5.58. The Hall–Kier alpha value is -0.670. The molecule has 0 amide bonds. The summed E-state index contributed by atoms with van der Waals surface area (Å²) in [6.45, 7) is 1.06. The van der Waals surface area contributed by atoms with Gasteiger partial charge in [-0.25, -0.2) is 4.57 Å². The van der Waals surface area contributed by atoms with Crippen LogP contribution >= 0.6 is 31.9 Å².